The van der Waals surface area contributed by atoms with Gasteiger partial charge in [0.05, 0.1) is 18.5 Å². The Morgan fingerprint density at radius 3 is 1.78 bits per heavy atom. The van der Waals surface area contributed by atoms with Gasteiger partial charge in [-0.05, 0) is 48.4 Å². The van der Waals surface area contributed by atoms with Crippen molar-refractivity contribution in [3.05, 3.63) is 54.1 Å². The highest BCUT2D eigenvalue weighted by Gasteiger charge is 1.93. The number of azo groups is 1. The van der Waals surface area contributed by atoms with E-state index in [1.54, 1.807) is 7.11 Å². The summed E-state index contributed by atoms with van der Waals surface area (Å²) >= 11 is 0. The highest BCUT2D eigenvalue weighted by molar-refractivity contribution is 5.43. The largest absolute Gasteiger partial charge is 0.497 e. The number of hydrogen-bond acceptors (Lipinski definition) is 3. The Balaban J connectivity index is 2.08. The molecular formula is C15H16N2O. The lowest BCUT2D eigenvalue weighted by molar-refractivity contribution is 0.415. The predicted octanol–water partition coefficient (Wildman–Crippen LogP) is 4.67. The van der Waals surface area contributed by atoms with Crippen molar-refractivity contribution in [3.63, 3.8) is 0 Å². The SMILES string of the molecule is CCc1ccc(N=Nc2ccc(OC)cc2)cc1. The molecule has 0 amide bonds. The number of aryl methyl sites for hydroxylation is 1. The zero-order valence-electron chi connectivity index (χ0n) is 10.6. The molecule has 18 heavy (non-hydrogen) atoms. The van der Waals surface area contributed by atoms with Gasteiger partial charge in [0.1, 0.15) is 5.75 Å². The minimum Gasteiger partial charge on any atom is -0.497 e. The molecular weight excluding hydrogens is 224 g/mol. The molecule has 2 aromatic carbocycles. The lowest BCUT2D eigenvalue weighted by atomic mass is 10.2. The smallest absolute Gasteiger partial charge is 0.119 e. The Morgan fingerprint density at radius 2 is 1.33 bits per heavy atom. The third-order valence-corrected chi connectivity index (χ3v) is 2.70. The summed E-state index contributed by atoms with van der Waals surface area (Å²) in [4.78, 5) is 0. The molecule has 0 aliphatic rings. The van der Waals surface area contributed by atoms with Crippen LogP contribution in [0.5, 0.6) is 5.75 Å². The third kappa shape index (κ3) is 3.17. The molecule has 0 radical (unpaired) electrons. The van der Waals surface area contributed by atoms with E-state index in [-0.39, 0.29) is 0 Å². The first-order valence-corrected chi connectivity index (χ1v) is 5.96. The van der Waals surface area contributed by atoms with E-state index < -0.39 is 0 Å². The van der Waals surface area contributed by atoms with Crippen LogP contribution in [0, 0.1) is 0 Å². The molecule has 2 aromatic rings. The summed E-state index contributed by atoms with van der Waals surface area (Å²) in [5.74, 6) is 0.821. The van der Waals surface area contributed by atoms with Crippen LogP contribution in [-0.2, 0) is 6.42 Å². The van der Waals surface area contributed by atoms with Crippen LogP contribution >= 0.6 is 0 Å². The number of nitrogens with zero attached hydrogens (tertiary/aromatic N) is 2. The molecule has 3 nitrogen and oxygen atoms in total. The molecule has 0 aliphatic carbocycles. The lowest BCUT2D eigenvalue weighted by Crippen LogP contribution is -1.79. The molecule has 0 N–H and O–H groups in total. The fourth-order valence-electron chi connectivity index (χ4n) is 1.56. The van der Waals surface area contributed by atoms with E-state index in [4.69, 9.17) is 4.74 Å². The van der Waals surface area contributed by atoms with Crippen molar-refractivity contribution in [2.24, 2.45) is 10.2 Å². The van der Waals surface area contributed by atoms with Crippen LogP contribution in [0.15, 0.2) is 58.8 Å². The summed E-state index contributed by atoms with van der Waals surface area (Å²) in [6.45, 7) is 2.13. The average Bonchev–Trinajstić information content (AvgIpc) is 2.46. The highest BCUT2D eigenvalue weighted by atomic mass is 16.5. The monoisotopic (exact) mass is 240 g/mol. The van der Waals surface area contributed by atoms with Crippen molar-refractivity contribution in [2.75, 3.05) is 7.11 Å². The minimum atomic E-state index is 0.815. The fraction of sp³-hybridized carbons (Fsp3) is 0.200. The second-order valence-corrected chi connectivity index (χ2v) is 3.92. The second-order valence-electron chi connectivity index (χ2n) is 3.92. The van der Waals surface area contributed by atoms with Crippen LogP contribution < -0.4 is 4.74 Å². The molecule has 3 heteroatoms. The van der Waals surface area contributed by atoms with Gasteiger partial charge in [-0.2, -0.15) is 10.2 Å². The molecule has 0 unspecified atom stereocenters. The predicted molar refractivity (Wildman–Crippen MR) is 73.0 cm³/mol. The van der Waals surface area contributed by atoms with Gasteiger partial charge in [0.25, 0.3) is 0 Å². The number of benzene rings is 2. The molecule has 0 aromatic heterocycles. The van der Waals surface area contributed by atoms with Gasteiger partial charge in [0.2, 0.25) is 0 Å². The Hall–Kier alpha value is -2.16. The number of ether oxygens (including phenoxy) is 1. The van der Waals surface area contributed by atoms with Gasteiger partial charge in [-0.3, -0.25) is 0 Å². The van der Waals surface area contributed by atoms with Gasteiger partial charge >= 0.3 is 0 Å². The van der Waals surface area contributed by atoms with Crippen LogP contribution in [0.3, 0.4) is 0 Å². The van der Waals surface area contributed by atoms with E-state index in [9.17, 15) is 0 Å². The molecule has 0 spiro atoms. The maximum Gasteiger partial charge on any atom is 0.119 e. The van der Waals surface area contributed by atoms with Gasteiger partial charge in [0, 0.05) is 0 Å². The van der Waals surface area contributed by atoms with Gasteiger partial charge in [0.15, 0.2) is 0 Å². The summed E-state index contributed by atoms with van der Waals surface area (Å²) in [6.07, 6.45) is 1.04. The highest BCUT2D eigenvalue weighted by Crippen LogP contribution is 2.21. The number of hydrogen-bond donors (Lipinski definition) is 0. The van der Waals surface area contributed by atoms with Crippen LogP contribution in [0.4, 0.5) is 11.4 Å². The quantitative estimate of drug-likeness (QED) is 0.715. The van der Waals surface area contributed by atoms with Gasteiger partial charge in [-0.25, -0.2) is 0 Å². The van der Waals surface area contributed by atoms with Gasteiger partial charge in [-0.15, -0.1) is 0 Å². The zero-order valence-corrected chi connectivity index (χ0v) is 10.6. The third-order valence-electron chi connectivity index (χ3n) is 2.70. The van der Waals surface area contributed by atoms with Crippen LogP contribution in [0.25, 0.3) is 0 Å². The molecule has 0 saturated carbocycles. The van der Waals surface area contributed by atoms with Crippen molar-refractivity contribution in [2.45, 2.75) is 13.3 Å². The Morgan fingerprint density at radius 1 is 0.833 bits per heavy atom. The molecule has 0 heterocycles. The molecule has 0 aliphatic heterocycles. The lowest BCUT2D eigenvalue weighted by Gasteiger charge is -1.99. The van der Waals surface area contributed by atoms with Crippen molar-refractivity contribution >= 4 is 11.4 Å². The van der Waals surface area contributed by atoms with Gasteiger partial charge in [-0.1, -0.05) is 19.1 Å². The van der Waals surface area contributed by atoms with Crippen LogP contribution in [-0.4, -0.2) is 7.11 Å². The van der Waals surface area contributed by atoms with E-state index in [2.05, 4.69) is 29.3 Å². The van der Waals surface area contributed by atoms with Crippen molar-refractivity contribution in [1.29, 1.82) is 0 Å². The van der Waals surface area contributed by atoms with E-state index in [0.717, 1.165) is 23.5 Å². The Kier molecular flexibility index (Phi) is 4.07. The summed E-state index contributed by atoms with van der Waals surface area (Å²) in [6, 6.07) is 15.6. The molecule has 2 rings (SSSR count). The summed E-state index contributed by atoms with van der Waals surface area (Å²) in [5.41, 5.74) is 2.98. The van der Waals surface area contributed by atoms with E-state index in [1.165, 1.54) is 5.56 Å². The first-order valence-electron chi connectivity index (χ1n) is 5.96. The van der Waals surface area contributed by atoms with E-state index >= 15 is 0 Å². The number of methoxy groups -OCH3 is 1. The molecule has 92 valence electrons. The topological polar surface area (TPSA) is 34.0 Å². The van der Waals surface area contributed by atoms with Crippen LogP contribution in [0.1, 0.15) is 12.5 Å². The summed E-state index contributed by atoms with van der Waals surface area (Å²) in [5, 5.41) is 8.37. The first kappa shape index (κ1) is 12.3. The van der Waals surface area contributed by atoms with Gasteiger partial charge < -0.3 is 4.74 Å². The van der Waals surface area contributed by atoms with Crippen molar-refractivity contribution < 1.29 is 4.74 Å². The molecule has 0 atom stereocenters. The maximum absolute atomic E-state index is 5.09. The standard InChI is InChI=1S/C15H16N2O/c1-3-12-4-6-13(7-5-12)16-17-14-8-10-15(18-2)11-9-14/h4-11H,3H2,1-2H3. The normalized spacial score (nSPS) is 10.8. The van der Waals surface area contributed by atoms with Crippen LogP contribution in [0.2, 0.25) is 0 Å². The minimum absolute atomic E-state index is 0.815. The second kappa shape index (κ2) is 5.96. The van der Waals surface area contributed by atoms with Crippen molar-refractivity contribution in [3.8, 4) is 5.75 Å². The molecule has 0 saturated heterocycles. The zero-order chi connectivity index (χ0) is 12.8. The first-order chi connectivity index (χ1) is 8.81. The van der Waals surface area contributed by atoms with E-state index in [0.29, 0.717) is 0 Å². The summed E-state index contributed by atoms with van der Waals surface area (Å²) < 4.78 is 5.09. The average molecular weight is 240 g/mol. The fourth-order valence-corrected chi connectivity index (χ4v) is 1.56. The molecule has 0 fully saturated rings. The van der Waals surface area contributed by atoms with Crippen molar-refractivity contribution in [1.82, 2.24) is 0 Å². The Bertz CT molecular complexity index is 466. The Labute approximate surface area is 107 Å². The van der Waals surface area contributed by atoms with E-state index in [1.807, 2.05) is 36.4 Å². The summed E-state index contributed by atoms with van der Waals surface area (Å²) in [7, 11) is 1.64. The number of rotatable bonds is 4. The maximum atomic E-state index is 5.09. The molecule has 0 bridgehead atoms.